The second-order valence-corrected chi connectivity index (χ2v) is 3.85. The summed E-state index contributed by atoms with van der Waals surface area (Å²) in [5.41, 5.74) is -0.562. The average molecular weight is 288 g/mol. The Hall–Kier alpha value is -3.41. The van der Waals surface area contributed by atoms with Gasteiger partial charge in [-0.15, -0.1) is 0 Å². The maximum absolute atomic E-state index is 11.0. The van der Waals surface area contributed by atoms with E-state index in [9.17, 15) is 14.9 Å². The Morgan fingerprint density at radius 2 is 2.29 bits per heavy atom. The van der Waals surface area contributed by atoms with Gasteiger partial charge in [-0.1, -0.05) is 0 Å². The van der Waals surface area contributed by atoms with Gasteiger partial charge in [-0.05, 0) is 18.2 Å². The normalized spacial score (nSPS) is 9.86. The number of hydrogen-bond acceptors (Lipinski definition) is 7. The number of hydrogen-bond donors (Lipinski definition) is 2. The lowest BCUT2D eigenvalue weighted by Gasteiger charge is -2.04. The summed E-state index contributed by atoms with van der Waals surface area (Å²) < 4.78 is 5.00. The number of pyridine rings is 1. The van der Waals surface area contributed by atoms with Crippen LogP contribution in [-0.4, -0.2) is 21.0 Å². The van der Waals surface area contributed by atoms with Crippen LogP contribution in [0.4, 0.5) is 11.5 Å². The highest BCUT2D eigenvalue weighted by Crippen LogP contribution is 2.26. The number of nitriles is 1. The molecule has 106 valence electrons. The summed E-state index contributed by atoms with van der Waals surface area (Å²) in [4.78, 5) is 24.7. The third kappa shape index (κ3) is 2.95. The number of aromatic carboxylic acids is 1. The fourth-order valence-electron chi connectivity index (χ4n) is 1.62. The molecule has 0 aliphatic heterocycles. The molecule has 0 saturated heterocycles. The molecule has 2 rings (SSSR count). The molecular weight excluding hydrogens is 280 g/mol. The van der Waals surface area contributed by atoms with Crippen molar-refractivity contribution in [2.75, 3.05) is 5.32 Å². The maximum atomic E-state index is 11.0. The molecule has 0 amide bonds. The minimum Gasteiger partial charge on any atom is -0.475 e. The minimum atomic E-state index is -1.21. The van der Waals surface area contributed by atoms with Gasteiger partial charge in [0.1, 0.15) is 17.4 Å². The fraction of sp³-hybridized carbons (Fsp3) is 0.0833. The molecule has 2 aromatic rings. The lowest BCUT2D eigenvalue weighted by atomic mass is 10.2. The first-order chi connectivity index (χ1) is 10.0. The zero-order valence-electron chi connectivity index (χ0n) is 10.4. The van der Waals surface area contributed by atoms with Crippen LogP contribution >= 0.6 is 0 Å². The van der Waals surface area contributed by atoms with E-state index in [1.165, 1.54) is 24.4 Å². The van der Waals surface area contributed by atoms with Crippen molar-refractivity contribution in [1.82, 2.24) is 4.98 Å². The van der Waals surface area contributed by atoms with E-state index >= 15 is 0 Å². The lowest BCUT2D eigenvalue weighted by Crippen LogP contribution is -2.05. The smallest absolute Gasteiger partial charge is 0.371 e. The van der Waals surface area contributed by atoms with Crippen molar-refractivity contribution in [3.8, 4) is 6.07 Å². The molecule has 0 aliphatic carbocycles. The predicted molar refractivity (Wildman–Crippen MR) is 68.6 cm³/mol. The number of furan rings is 1. The van der Waals surface area contributed by atoms with Gasteiger partial charge in [0.15, 0.2) is 0 Å². The Labute approximate surface area is 117 Å². The van der Waals surface area contributed by atoms with Crippen LogP contribution in [0.3, 0.4) is 0 Å². The Morgan fingerprint density at radius 1 is 1.52 bits per heavy atom. The van der Waals surface area contributed by atoms with Crippen molar-refractivity contribution in [3.05, 3.63) is 51.6 Å². The Balaban J connectivity index is 2.22. The summed E-state index contributed by atoms with van der Waals surface area (Å²) in [6.07, 6.45) is 1.26. The first-order valence-corrected chi connectivity index (χ1v) is 5.62. The van der Waals surface area contributed by atoms with Gasteiger partial charge >= 0.3 is 11.7 Å². The van der Waals surface area contributed by atoms with E-state index in [1.54, 1.807) is 6.07 Å². The van der Waals surface area contributed by atoms with E-state index in [2.05, 4.69) is 10.3 Å². The van der Waals surface area contributed by atoms with Gasteiger partial charge in [0.25, 0.3) is 0 Å². The molecule has 0 bridgehead atoms. The van der Waals surface area contributed by atoms with Crippen LogP contribution in [-0.2, 0) is 6.54 Å². The summed E-state index contributed by atoms with van der Waals surface area (Å²) in [6, 6.07) is 5.64. The Kier molecular flexibility index (Phi) is 3.80. The van der Waals surface area contributed by atoms with Crippen molar-refractivity contribution in [2.24, 2.45) is 0 Å². The molecule has 2 N–H and O–H groups in total. The van der Waals surface area contributed by atoms with Gasteiger partial charge in [0, 0.05) is 6.20 Å². The van der Waals surface area contributed by atoms with Crippen LogP contribution < -0.4 is 5.32 Å². The van der Waals surface area contributed by atoms with Crippen LogP contribution in [0.1, 0.15) is 21.9 Å². The van der Waals surface area contributed by atoms with E-state index < -0.39 is 16.6 Å². The van der Waals surface area contributed by atoms with Crippen LogP contribution in [0.15, 0.2) is 28.8 Å². The largest absolute Gasteiger partial charge is 0.475 e. The molecule has 0 spiro atoms. The summed E-state index contributed by atoms with van der Waals surface area (Å²) >= 11 is 0. The van der Waals surface area contributed by atoms with Crippen molar-refractivity contribution < 1.29 is 19.2 Å². The lowest BCUT2D eigenvalue weighted by molar-refractivity contribution is -0.384. The van der Waals surface area contributed by atoms with E-state index in [-0.39, 0.29) is 29.4 Å². The highest BCUT2D eigenvalue weighted by molar-refractivity contribution is 5.84. The number of carboxylic acid groups (broad SMARTS) is 1. The SMILES string of the molecule is N#Cc1ccnc(NCc2ccc(C(=O)O)o2)c1[N+](=O)[O-]. The topological polar surface area (TPSA) is 142 Å². The van der Waals surface area contributed by atoms with E-state index in [0.717, 1.165) is 0 Å². The molecule has 0 atom stereocenters. The third-order valence-corrected chi connectivity index (χ3v) is 2.53. The Bertz CT molecular complexity index is 746. The van der Waals surface area contributed by atoms with Crippen LogP contribution in [0.2, 0.25) is 0 Å². The zero-order valence-corrected chi connectivity index (χ0v) is 10.4. The number of anilines is 1. The highest BCUT2D eigenvalue weighted by Gasteiger charge is 2.21. The minimum absolute atomic E-state index is 0.00397. The van der Waals surface area contributed by atoms with Gasteiger partial charge in [-0.2, -0.15) is 5.26 Å². The number of carbonyl (C=O) groups is 1. The second kappa shape index (κ2) is 5.70. The van der Waals surface area contributed by atoms with E-state index in [4.69, 9.17) is 14.8 Å². The van der Waals surface area contributed by atoms with Crippen LogP contribution in [0, 0.1) is 21.4 Å². The number of rotatable bonds is 5. The third-order valence-electron chi connectivity index (χ3n) is 2.53. The second-order valence-electron chi connectivity index (χ2n) is 3.85. The average Bonchev–Trinajstić information content (AvgIpc) is 2.93. The van der Waals surface area contributed by atoms with Crippen molar-refractivity contribution in [1.29, 1.82) is 5.26 Å². The number of aromatic nitrogens is 1. The molecule has 21 heavy (non-hydrogen) atoms. The zero-order chi connectivity index (χ0) is 15.4. The van der Waals surface area contributed by atoms with Gasteiger partial charge in [0.2, 0.25) is 11.6 Å². The molecule has 0 aliphatic rings. The standard InChI is InChI=1S/C12H8N4O5/c13-5-7-3-4-14-11(10(7)16(19)20)15-6-8-1-2-9(21-8)12(17)18/h1-4H,6H2,(H,14,15)(H,17,18). The quantitative estimate of drug-likeness (QED) is 0.625. The van der Waals surface area contributed by atoms with Gasteiger partial charge < -0.3 is 14.8 Å². The summed E-state index contributed by atoms with van der Waals surface area (Å²) in [5.74, 6) is -1.27. The first kappa shape index (κ1) is 14.0. The summed E-state index contributed by atoms with van der Waals surface area (Å²) in [5, 5.41) is 31.2. The fourth-order valence-corrected chi connectivity index (χ4v) is 1.62. The van der Waals surface area contributed by atoms with Crippen LogP contribution in [0.5, 0.6) is 0 Å². The number of nitrogens with zero attached hydrogens (tertiary/aromatic N) is 3. The van der Waals surface area contributed by atoms with Crippen molar-refractivity contribution in [2.45, 2.75) is 6.54 Å². The molecule has 9 heteroatoms. The van der Waals surface area contributed by atoms with Crippen LogP contribution in [0.25, 0.3) is 0 Å². The summed E-state index contributed by atoms with van der Waals surface area (Å²) in [6.45, 7) is -0.00397. The molecule has 0 saturated carbocycles. The van der Waals surface area contributed by atoms with E-state index in [0.29, 0.717) is 0 Å². The number of nitro groups is 1. The van der Waals surface area contributed by atoms with Gasteiger partial charge in [-0.25, -0.2) is 9.78 Å². The van der Waals surface area contributed by atoms with Gasteiger partial charge in [0.05, 0.1) is 11.5 Å². The number of nitrogens with one attached hydrogen (secondary N) is 1. The predicted octanol–water partition coefficient (Wildman–Crippen LogP) is 1.76. The van der Waals surface area contributed by atoms with Crippen molar-refractivity contribution >= 4 is 17.5 Å². The molecule has 2 aromatic heterocycles. The van der Waals surface area contributed by atoms with Gasteiger partial charge in [-0.3, -0.25) is 10.1 Å². The molecule has 0 aromatic carbocycles. The molecular formula is C12H8N4O5. The first-order valence-electron chi connectivity index (χ1n) is 5.62. The Morgan fingerprint density at radius 3 is 2.86 bits per heavy atom. The maximum Gasteiger partial charge on any atom is 0.371 e. The monoisotopic (exact) mass is 288 g/mol. The molecule has 2 heterocycles. The molecule has 0 unspecified atom stereocenters. The molecule has 0 radical (unpaired) electrons. The molecule has 0 fully saturated rings. The number of carboxylic acids is 1. The van der Waals surface area contributed by atoms with E-state index in [1.807, 2.05) is 0 Å². The van der Waals surface area contributed by atoms with Crippen molar-refractivity contribution in [3.63, 3.8) is 0 Å². The summed E-state index contributed by atoms with van der Waals surface area (Å²) in [7, 11) is 0. The highest BCUT2D eigenvalue weighted by atomic mass is 16.6. The molecule has 9 nitrogen and oxygen atoms in total.